The van der Waals surface area contributed by atoms with E-state index in [2.05, 4.69) is 23.6 Å². The van der Waals surface area contributed by atoms with Crippen LogP contribution >= 0.6 is 0 Å². The second kappa shape index (κ2) is 6.88. The van der Waals surface area contributed by atoms with E-state index in [0.29, 0.717) is 13.0 Å². The van der Waals surface area contributed by atoms with Gasteiger partial charge in [-0.25, -0.2) is 0 Å². The predicted molar refractivity (Wildman–Crippen MR) is 67.6 cm³/mol. The van der Waals surface area contributed by atoms with E-state index in [4.69, 9.17) is 0 Å². The number of hydrogen-bond acceptors (Lipinski definition) is 2. The molecule has 3 heteroatoms. The van der Waals surface area contributed by atoms with Gasteiger partial charge in [-0.3, -0.25) is 4.79 Å². The number of hydrogen-bond donors (Lipinski definition) is 2. The molecule has 88 valence electrons. The highest BCUT2D eigenvalue weighted by Crippen LogP contribution is 2.12. The van der Waals surface area contributed by atoms with Gasteiger partial charge in [0, 0.05) is 25.2 Å². The summed E-state index contributed by atoms with van der Waals surface area (Å²) in [6.45, 7) is 5.55. The predicted octanol–water partition coefficient (Wildman–Crippen LogP) is 2.32. The molecule has 0 bridgehead atoms. The molecule has 0 radical (unpaired) electrons. The number of carbonyl (C=O) groups excluding carboxylic acids is 1. The topological polar surface area (TPSA) is 41.1 Å². The van der Waals surface area contributed by atoms with E-state index in [1.165, 1.54) is 5.56 Å². The van der Waals surface area contributed by atoms with Crippen LogP contribution in [0.2, 0.25) is 0 Å². The van der Waals surface area contributed by atoms with Crippen molar-refractivity contribution in [3.8, 4) is 0 Å². The summed E-state index contributed by atoms with van der Waals surface area (Å²) < 4.78 is 0. The van der Waals surface area contributed by atoms with Gasteiger partial charge in [0.2, 0.25) is 5.91 Å². The van der Waals surface area contributed by atoms with E-state index in [-0.39, 0.29) is 5.91 Å². The number of anilines is 1. The Labute approximate surface area is 97.2 Å². The summed E-state index contributed by atoms with van der Waals surface area (Å²) in [6.07, 6.45) is 1.51. The van der Waals surface area contributed by atoms with Crippen molar-refractivity contribution in [2.24, 2.45) is 0 Å². The molecule has 1 amide bonds. The third-order valence-electron chi connectivity index (χ3n) is 2.38. The van der Waals surface area contributed by atoms with Crippen LogP contribution in [-0.4, -0.2) is 19.0 Å². The van der Waals surface area contributed by atoms with Crippen molar-refractivity contribution >= 4 is 11.6 Å². The maximum absolute atomic E-state index is 11.3. The number of aryl methyl sites for hydroxylation is 1. The van der Waals surface area contributed by atoms with Gasteiger partial charge in [0.15, 0.2) is 0 Å². The molecule has 0 aromatic heterocycles. The Kier molecular flexibility index (Phi) is 5.40. The third kappa shape index (κ3) is 4.34. The summed E-state index contributed by atoms with van der Waals surface area (Å²) >= 11 is 0. The first-order chi connectivity index (χ1) is 7.74. The fourth-order valence-corrected chi connectivity index (χ4v) is 1.43. The Morgan fingerprint density at radius 1 is 1.25 bits per heavy atom. The van der Waals surface area contributed by atoms with Gasteiger partial charge >= 0.3 is 0 Å². The van der Waals surface area contributed by atoms with E-state index in [1.807, 2.05) is 25.1 Å². The van der Waals surface area contributed by atoms with Gasteiger partial charge < -0.3 is 10.6 Å². The Hall–Kier alpha value is -1.51. The first-order valence-corrected chi connectivity index (χ1v) is 5.80. The lowest BCUT2D eigenvalue weighted by atomic mass is 10.2. The van der Waals surface area contributed by atoms with Crippen LogP contribution in [0.3, 0.4) is 0 Å². The van der Waals surface area contributed by atoms with E-state index in [9.17, 15) is 4.79 Å². The van der Waals surface area contributed by atoms with Crippen LogP contribution in [0.25, 0.3) is 0 Å². The Balaban J connectivity index is 2.25. The monoisotopic (exact) mass is 220 g/mol. The molecular weight excluding hydrogens is 200 g/mol. The number of rotatable bonds is 6. The molecule has 0 atom stereocenters. The SMILES string of the molecule is CCCNC(=O)CCNc1ccccc1C. The molecule has 0 spiro atoms. The highest BCUT2D eigenvalue weighted by atomic mass is 16.1. The van der Waals surface area contributed by atoms with Crippen molar-refractivity contribution in [2.45, 2.75) is 26.7 Å². The smallest absolute Gasteiger partial charge is 0.221 e. The second-order valence-electron chi connectivity index (χ2n) is 3.84. The van der Waals surface area contributed by atoms with Crippen LogP contribution in [-0.2, 0) is 4.79 Å². The number of benzene rings is 1. The summed E-state index contributed by atoms with van der Waals surface area (Å²) in [5, 5.41) is 6.11. The van der Waals surface area contributed by atoms with Crippen molar-refractivity contribution in [1.82, 2.24) is 5.32 Å². The van der Waals surface area contributed by atoms with E-state index < -0.39 is 0 Å². The Bertz CT molecular complexity index is 336. The van der Waals surface area contributed by atoms with Crippen LogP contribution in [0.4, 0.5) is 5.69 Å². The zero-order valence-corrected chi connectivity index (χ0v) is 10.0. The van der Waals surface area contributed by atoms with Crippen molar-refractivity contribution in [3.63, 3.8) is 0 Å². The van der Waals surface area contributed by atoms with Gasteiger partial charge in [-0.15, -0.1) is 0 Å². The van der Waals surface area contributed by atoms with Crippen LogP contribution in [0.5, 0.6) is 0 Å². The number of amides is 1. The molecule has 2 N–H and O–H groups in total. The van der Waals surface area contributed by atoms with Gasteiger partial charge in [-0.1, -0.05) is 25.1 Å². The third-order valence-corrected chi connectivity index (χ3v) is 2.38. The molecule has 1 aromatic rings. The minimum Gasteiger partial charge on any atom is -0.384 e. The normalized spacial score (nSPS) is 9.88. The summed E-state index contributed by atoms with van der Waals surface area (Å²) in [6, 6.07) is 8.08. The highest BCUT2D eigenvalue weighted by molar-refractivity contribution is 5.76. The zero-order valence-electron chi connectivity index (χ0n) is 10.0. The standard InChI is InChI=1S/C13H20N2O/c1-3-9-15-13(16)8-10-14-12-7-5-4-6-11(12)2/h4-7,14H,3,8-10H2,1-2H3,(H,15,16). The first kappa shape index (κ1) is 12.6. The fourth-order valence-electron chi connectivity index (χ4n) is 1.43. The van der Waals surface area contributed by atoms with E-state index in [1.54, 1.807) is 0 Å². The summed E-state index contributed by atoms with van der Waals surface area (Å²) in [4.78, 5) is 11.3. The number of carbonyl (C=O) groups is 1. The van der Waals surface area contributed by atoms with Gasteiger partial charge in [0.25, 0.3) is 0 Å². The molecule has 0 aliphatic rings. The largest absolute Gasteiger partial charge is 0.384 e. The lowest BCUT2D eigenvalue weighted by molar-refractivity contribution is -0.120. The Morgan fingerprint density at radius 2 is 2.00 bits per heavy atom. The molecule has 0 unspecified atom stereocenters. The van der Waals surface area contributed by atoms with Crippen molar-refractivity contribution < 1.29 is 4.79 Å². The van der Waals surface area contributed by atoms with Gasteiger partial charge in [0.1, 0.15) is 0 Å². The van der Waals surface area contributed by atoms with Crippen LogP contribution < -0.4 is 10.6 Å². The van der Waals surface area contributed by atoms with Gasteiger partial charge in [0.05, 0.1) is 0 Å². The number of nitrogens with one attached hydrogen (secondary N) is 2. The summed E-state index contributed by atoms with van der Waals surface area (Å²) in [5.41, 5.74) is 2.31. The van der Waals surface area contributed by atoms with Crippen LogP contribution in [0, 0.1) is 6.92 Å². The molecule has 3 nitrogen and oxygen atoms in total. The molecule has 0 heterocycles. The summed E-state index contributed by atoms with van der Waals surface area (Å²) in [7, 11) is 0. The second-order valence-corrected chi connectivity index (χ2v) is 3.84. The highest BCUT2D eigenvalue weighted by Gasteiger charge is 2.00. The lowest BCUT2D eigenvalue weighted by Crippen LogP contribution is -2.25. The number of para-hydroxylation sites is 1. The molecule has 0 saturated carbocycles. The van der Waals surface area contributed by atoms with Crippen LogP contribution in [0.1, 0.15) is 25.3 Å². The molecule has 16 heavy (non-hydrogen) atoms. The molecule has 0 aliphatic carbocycles. The molecule has 1 rings (SSSR count). The maximum atomic E-state index is 11.3. The molecular formula is C13H20N2O. The fraction of sp³-hybridized carbons (Fsp3) is 0.462. The average Bonchev–Trinajstić information content (AvgIpc) is 2.29. The van der Waals surface area contributed by atoms with E-state index >= 15 is 0 Å². The maximum Gasteiger partial charge on any atom is 0.221 e. The first-order valence-electron chi connectivity index (χ1n) is 5.80. The molecule has 0 saturated heterocycles. The van der Waals surface area contributed by atoms with Crippen molar-refractivity contribution in [3.05, 3.63) is 29.8 Å². The quantitative estimate of drug-likeness (QED) is 0.772. The van der Waals surface area contributed by atoms with Crippen molar-refractivity contribution in [2.75, 3.05) is 18.4 Å². The zero-order chi connectivity index (χ0) is 11.8. The summed E-state index contributed by atoms with van der Waals surface area (Å²) in [5.74, 6) is 0.114. The van der Waals surface area contributed by atoms with Crippen molar-refractivity contribution in [1.29, 1.82) is 0 Å². The minimum atomic E-state index is 0.114. The average molecular weight is 220 g/mol. The van der Waals surface area contributed by atoms with Gasteiger partial charge in [-0.2, -0.15) is 0 Å². The molecule has 1 aromatic carbocycles. The Morgan fingerprint density at radius 3 is 2.69 bits per heavy atom. The van der Waals surface area contributed by atoms with E-state index in [0.717, 1.165) is 18.7 Å². The van der Waals surface area contributed by atoms with Gasteiger partial charge in [-0.05, 0) is 25.0 Å². The lowest BCUT2D eigenvalue weighted by Gasteiger charge is -2.09. The molecule has 0 fully saturated rings. The van der Waals surface area contributed by atoms with Crippen LogP contribution in [0.15, 0.2) is 24.3 Å². The minimum absolute atomic E-state index is 0.114. The molecule has 0 aliphatic heterocycles.